The van der Waals surface area contributed by atoms with E-state index in [0.29, 0.717) is 0 Å². The summed E-state index contributed by atoms with van der Waals surface area (Å²) in [7, 11) is 1.76. The number of hydrogen-bond acceptors (Lipinski definition) is 2. The average molecular weight is 502 g/mol. The van der Waals surface area contributed by atoms with Crippen LogP contribution in [0.1, 0.15) is 5.56 Å². The summed E-state index contributed by atoms with van der Waals surface area (Å²) in [6.45, 7) is 2.10. The van der Waals surface area contributed by atoms with Crippen molar-refractivity contribution in [3.05, 3.63) is 109 Å². The van der Waals surface area contributed by atoms with Gasteiger partial charge in [-0.25, -0.2) is 0 Å². The minimum Gasteiger partial charge on any atom is -0.496 e. The van der Waals surface area contributed by atoms with Crippen molar-refractivity contribution in [1.82, 2.24) is 4.40 Å². The fourth-order valence-electron chi connectivity index (χ4n) is 6.63. The van der Waals surface area contributed by atoms with Gasteiger partial charge >= 0.3 is 0 Å². The molecule has 0 saturated heterocycles. The molecule has 6 aromatic carbocycles. The van der Waals surface area contributed by atoms with Gasteiger partial charge in [-0.2, -0.15) is 0 Å². The number of aromatic nitrogens is 1. The maximum Gasteiger partial charge on any atom is 0.136 e. The molecule has 3 nitrogen and oxygen atoms in total. The number of furan rings is 1. The highest BCUT2D eigenvalue weighted by molar-refractivity contribution is 6.27. The van der Waals surface area contributed by atoms with Crippen LogP contribution in [0.2, 0.25) is 0 Å². The molecule has 0 radical (unpaired) electrons. The van der Waals surface area contributed by atoms with Crippen LogP contribution in [0.4, 0.5) is 0 Å². The number of fused-ring (bicyclic) bond motifs is 10. The molecule has 3 heteroatoms. The number of nitrogens with zero attached hydrogens (tertiary/aromatic N) is 1. The Labute approximate surface area is 223 Å². The zero-order valence-corrected chi connectivity index (χ0v) is 21.6. The molecule has 3 aromatic heterocycles. The minimum atomic E-state index is 0.902. The monoisotopic (exact) mass is 501 g/mol. The molecule has 0 aliphatic rings. The lowest BCUT2D eigenvalue weighted by molar-refractivity contribution is 0.420. The molecule has 39 heavy (non-hydrogen) atoms. The molecule has 3 heterocycles. The average Bonchev–Trinajstić information content (AvgIpc) is 3.60. The molecule has 0 N–H and O–H groups in total. The lowest BCUT2D eigenvalue weighted by Crippen LogP contribution is -1.84. The van der Waals surface area contributed by atoms with E-state index in [4.69, 9.17) is 9.15 Å². The van der Waals surface area contributed by atoms with Crippen LogP contribution in [0.25, 0.3) is 81.9 Å². The minimum absolute atomic E-state index is 0.902. The van der Waals surface area contributed by atoms with Crippen LogP contribution < -0.4 is 4.74 Å². The Bertz CT molecular complexity index is 2430. The van der Waals surface area contributed by atoms with Crippen molar-refractivity contribution in [2.75, 3.05) is 7.11 Å². The Balaban J connectivity index is 1.41. The molecule has 0 aliphatic heterocycles. The molecule has 0 amide bonds. The van der Waals surface area contributed by atoms with Gasteiger partial charge in [0.2, 0.25) is 0 Å². The van der Waals surface area contributed by atoms with E-state index in [9.17, 15) is 0 Å². The zero-order chi connectivity index (χ0) is 25.8. The SMILES string of the molecule is COc1ccc2c3cc4cc5c(cc4cc3n3c4ccc(-c6ccccc6)cc4c1c23)oc1cc(C)ccc15. The molecular formula is C36H23NO2. The summed E-state index contributed by atoms with van der Waals surface area (Å²) < 4.78 is 14.6. The fraction of sp³-hybridized carbons (Fsp3) is 0.0556. The lowest BCUT2D eigenvalue weighted by atomic mass is 10.00. The van der Waals surface area contributed by atoms with Crippen LogP contribution in [0, 0.1) is 6.92 Å². The maximum absolute atomic E-state index is 6.30. The number of methoxy groups -OCH3 is 1. The first kappa shape index (κ1) is 21.0. The van der Waals surface area contributed by atoms with Crippen molar-refractivity contribution in [3.8, 4) is 16.9 Å². The summed E-state index contributed by atoms with van der Waals surface area (Å²) in [5, 5.41) is 9.58. The van der Waals surface area contributed by atoms with Crippen LogP contribution in [0.5, 0.6) is 5.75 Å². The van der Waals surface area contributed by atoms with Gasteiger partial charge in [0, 0.05) is 26.9 Å². The van der Waals surface area contributed by atoms with Crippen molar-refractivity contribution < 1.29 is 9.15 Å². The summed E-state index contributed by atoms with van der Waals surface area (Å²) >= 11 is 0. The molecule has 0 fully saturated rings. The standard InChI is InChI=1S/C36H23NO2/c1-20-8-10-25-28-17-23-16-27-26-11-13-32(38-2)35-29-15-22(21-6-4-3-5-7-21)9-12-30(29)37(36(26)35)31(27)18-24(23)19-34(28)39-33(25)14-20/h3-19H,1-2H3. The molecule has 0 unspecified atom stereocenters. The third-order valence-corrected chi connectivity index (χ3v) is 8.43. The first-order valence-electron chi connectivity index (χ1n) is 13.3. The van der Waals surface area contributed by atoms with Gasteiger partial charge in [0.05, 0.1) is 29.0 Å². The van der Waals surface area contributed by atoms with Gasteiger partial charge in [0.15, 0.2) is 0 Å². The first-order chi connectivity index (χ1) is 19.2. The van der Waals surface area contributed by atoms with Crippen molar-refractivity contribution in [2.24, 2.45) is 0 Å². The van der Waals surface area contributed by atoms with Crippen LogP contribution in [-0.4, -0.2) is 11.5 Å². The van der Waals surface area contributed by atoms with Crippen molar-refractivity contribution in [1.29, 1.82) is 0 Å². The molecule has 0 spiro atoms. The van der Waals surface area contributed by atoms with Crippen molar-refractivity contribution >= 4 is 70.8 Å². The Morgan fingerprint density at radius 3 is 2.26 bits per heavy atom. The van der Waals surface area contributed by atoms with E-state index < -0.39 is 0 Å². The van der Waals surface area contributed by atoms with Gasteiger partial charge in [0.25, 0.3) is 0 Å². The fourth-order valence-corrected chi connectivity index (χ4v) is 6.63. The topological polar surface area (TPSA) is 26.8 Å². The second kappa shape index (κ2) is 7.30. The second-order valence-corrected chi connectivity index (χ2v) is 10.6. The summed E-state index contributed by atoms with van der Waals surface area (Å²) in [5.74, 6) is 0.902. The Morgan fingerprint density at radius 2 is 1.38 bits per heavy atom. The van der Waals surface area contributed by atoms with E-state index in [2.05, 4.69) is 114 Å². The highest BCUT2D eigenvalue weighted by atomic mass is 16.5. The van der Waals surface area contributed by atoms with Gasteiger partial charge in [-0.05, 0) is 89.0 Å². The van der Waals surface area contributed by atoms with E-state index in [1.54, 1.807) is 7.11 Å². The van der Waals surface area contributed by atoms with Gasteiger partial charge in [0.1, 0.15) is 16.9 Å². The van der Waals surface area contributed by atoms with Crippen LogP contribution in [-0.2, 0) is 0 Å². The molecule has 0 atom stereocenters. The number of rotatable bonds is 2. The molecule has 0 saturated carbocycles. The highest BCUT2D eigenvalue weighted by Gasteiger charge is 2.21. The van der Waals surface area contributed by atoms with E-state index in [1.807, 2.05) is 0 Å². The van der Waals surface area contributed by atoms with E-state index in [-0.39, 0.29) is 0 Å². The third-order valence-electron chi connectivity index (χ3n) is 8.43. The summed E-state index contributed by atoms with van der Waals surface area (Å²) in [6.07, 6.45) is 0. The summed E-state index contributed by atoms with van der Waals surface area (Å²) in [6, 6.07) is 37.3. The van der Waals surface area contributed by atoms with E-state index >= 15 is 0 Å². The molecule has 184 valence electrons. The summed E-state index contributed by atoms with van der Waals surface area (Å²) in [4.78, 5) is 0. The predicted octanol–water partition coefficient (Wildman–Crippen LogP) is 9.87. The molecule has 9 rings (SSSR count). The number of ether oxygens (including phenoxy) is 1. The molecular weight excluding hydrogens is 478 g/mol. The first-order valence-corrected chi connectivity index (χ1v) is 13.3. The van der Waals surface area contributed by atoms with Gasteiger partial charge in [-0.15, -0.1) is 0 Å². The Kier molecular flexibility index (Phi) is 3.92. The Morgan fingerprint density at radius 1 is 0.590 bits per heavy atom. The van der Waals surface area contributed by atoms with Crippen molar-refractivity contribution in [3.63, 3.8) is 0 Å². The lowest BCUT2D eigenvalue weighted by Gasteiger charge is -2.06. The predicted molar refractivity (Wildman–Crippen MR) is 163 cm³/mol. The van der Waals surface area contributed by atoms with Crippen LogP contribution in [0.15, 0.2) is 108 Å². The molecule has 0 aliphatic carbocycles. The van der Waals surface area contributed by atoms with Crippen LogP contribution in [0.3, 0.4) is 0 Å². The smallest absolute Gasteiger partial charge is 0.136 e. The maximum atomic E-state index is 6.30. The largest absolute Gasteiger partial charge is 0.496 e. The second-order valence-electron chi connectivity index (χ2n) is 10.6. The van der Waals surface area contributed by atoms with E-state index in [0.717, 1.165) is 33.1 Å². The molecule has 9 aromatic rings. The zero-order valence-electron chi connectivity index (χ0n) is 21.6. The van der Waals surface area contributed by atoms with Gasteiger partial charge < -0.3 is 13.6 Å². The van der Waals surface area contributed by atoms with E-state index in [1.165, 1.54) is 60.2 Å². The number of benzene rings is 6. The number of aryl methyl sites for hydroxylation is 1. The third kappa shape index (κ3) is 2.71. The summed E-state index contributed by atoms with van der Waals surface area (Å²) in [5.41, 5.74) is 9.09. The normalized spacial score (nSPS) is 12.4. The number of hydrogen-bond donors (Lipinski definition) is 0. The Hall–Kier alpha value is -5.02. The highest BCUT2D eigenvalue weighted by Crippen LogP contribution is 2.45. The van der Waals surface area contributed by atoms with Crippen LogP contribution >= 0.6 is 0 Å². The quantitative estimate of drug-likeness (QED) is 0.236. The van der Waals surface area contributed by atoms with Crippen molar-refractivity contribution in [2.45, 2.75) is 6.92 Å². The van der Waals surface area contributed by atoms with Gasteiger partial charge in [-0.1, -0.05) is 48.5 Å². The van der Waals surface area contributed by atoms with Gasteiger partial charge in [-0.3, -0.25) is 0 Å². The molecule has 0 bridgehead atoms.